The third-order valence-corrected chi connectivity index (χ3v) is 7.26. The Morgan fingerprint density at radius 3 is 2.62 bits per heavy atom. The van der Waals surface area contributed by atoms with E-state index in [0.717, 1.165) is 37.7 Å². The molecule has 6 nitrogen and oxygen atoms in total. The summed E-state index contributed by atoms with van der Waals surface area (Å²) in [5, 5.41) is 0.801. The molecule has 4 rings (SSSR count). The Morgan fingerprint density at radius 2 is 1.81 bits per heavy atom. The minimum atomic E-state index is -3.68. The van der Waals surface area contributed by atoms with Crippen LogP contribution in [0.4, 0.5) is 0 Å². The van der Waals surface area contributed by atoms with Crippen LogP contribution >= 0.6 is 0 Å². The van der Waals surface area contributed by atoms with E-state index < -0.39 is 10.0 Å². The molecule has 2 aromatic rings. The summed E-state index contributed by atoms with van der Waals surface area (Å²) in [5.41, 5.74) is 0.489. The van der Waals surface area contributed by atoms with E-state index in [1.54, 1.807) is 24.4 Å². The van der Waals surface area contributed by atoms with Crippen molar-refractivity contribution in [2.75, 3.05) is 26.2 Å². The lowest BCUT2D eigenvalue weighted by Crippen LogP contribution is -2.46. The summed E-state index contributed by atoms with van der Waals surface area (Å²) in [6.07, 6.45) is 5.17. The van der Waals surface area contributed by atoms with Crippen molar-refractivity contribution >= 4 is 26.8 Å². The zero-order valence-corrected chi connectivity index (χ0v) is 15.5. The van der Waals surface area contributed by atoms with Crippen molar-refractivity contribution in [3.63, 3.8) is 0 Å². The van der Waals surface area contributed by atoms with Gasteiger partial charge in [0.2, 0.25) is 15.9 Å². The van der Waals surface area contributed by atoms with Gasteiger partial charge in [0, 0.05) is 37.8 Å². The van der Waals surface area contributed by atoms with Gasteiger partial charge in [-0.1, -0.05) is 18.2 Å². The van der Waals surface area contributed by atoms with Gasteiger partial charge in [-0.05, 0) is 37.8 Å². The summed E-state index contributed by atoms with van der Waals surface area (Å²) >= 11 is 0. The second-order valence-electron chi connectivity index (χ2n) is 7.07. The number of para-hydroxylation sites is 1. The van der Waals surface area contributed by atoms with E-state index in [1.807, 2.05) is 17.0 Å². The van der Waals surface area contributed by atoms with Crippen LogP contribution in [0.15, 0.2) is 41.4 Å². The Hall–Kier alpha value is -1.99. The highest BCUT2D eigenvalue weighted by Crippen LogP contribution is 2.29. The topological polar surface area (TPSA) is 70.6 Å². The van der Waals surface area contributed by atoms with Crippen LogP contribution in [0.1, 0.15) is 25.7 Å². The second kappa shape index (κ2) is 6.96. The van der Waals surface area contributed by atoms with E-state index >= 15 is 0 Å². The lowest BCUT2D eigenvalue weighted by Gasteiger charge is -2.33. The number of likely N-dealkylation sites (tertiary alicyclic amines) is 1. The van der Waals surface area contributed by atoms with Gasteiger partial charge in [-0.3, -0.25) is 9.78 Å². The van der Waals surface area contributed by atoms with Crippen molar-refractivity contribution in [1.82, 2.24) is 14.2 Å². The first-order valence-electron chi connectivity index (χ1n) is 9.20. The van der Waals surface area contributed by atoms with Crippen LogP contribution in [0.2, 0.25) is 0 Å². The number of rotatable bonds is 3. The number of pyridine rings is 1. The van der Waals surface area contributed by atoms with Gasteiger partial charge < -0.3 is 4.90 Å². The molecule has 1 aromatic carbocycles. The van der Waals surface area contributed by atoms with E-state index in [1.165, 1.54) is 4.31 Å². The summed E-state index contributed by atoms with van der Waals surface area (Å²) in [5.74, 6) is -0.127. The monoisotopic (exact) mass is 373 g/mol. The number of benzene rings is 1. The summed E-state index contributed by atoms with van der Waals surface area (Å²) in [6, 6.07) is 8.86. The molecule has 0 bridgehead atoms. The molecular formula is C19H23N3O3S. The number of amides is 1. The molecule has 26 heavy (non-hydrogen) atoms. The zero-order valence-electron chi connectivity index (χ0n) is 14.7. The molecule has 2 saturated heterocycles. The average Bonchev–Trinajstić information content (AvgIpc) is 3.22. The van der Waals surface area contributed by atoms with Crippen LogP contribution in [0.5, 0.6) is 0 Å². The van der Waals surface area contributed by atoms with Crippen LogP contribution in [-0.2, 0) is 14.8 Å². The van der Waals surface area contributed by atoms with Gasteiger partial charge in [-0.15, -0.1) is 0 Å². The smallest absolute Gasteiger partial charge is 0.245 e. The van der Waals surface area contributed by atoms with Gasteiger partial charge in [-0.25, -0.2) is 8.42 Å². The van der Waals surface area contributed by atoms with E-state index in [4.69, 9.17) is 0 Å². The number of hydrogen-bond donors (Lipinski definition) is 0. The fraction of sp³-hybridized carbons (Fsp3) is 0.474. The minimum absolute atomic E-state index is 0.110. The van der Waals surface area contributed by atoms with Crippen molar-refractivity contribution in [1.29, 1.82) is 0 Å². The summed E-state index contributed by atoms with van der Waals surface area (Å²) in [6.45, 7) is 2.32. The lowest BCUT2D eigenvalue weighted by molar-refractivity contribution is -0.135. The zero-order chi connectivity index (χ0) is 18.1. The maximum Gasteiger partial charge on any atom is 0.245 e. The molecule has 1 unspecified atom stereocenters. The molecule has 0 spiro atoms. The maximum absolute atomic E-state index is 13.3. The number of piperidine rings is 1. The normalized spacial score (nSPS) is 22.0. The molecule has 138 valence electrons. The third kappa shape index (κ3) is 3.10. The number of carbonyl (C=O) groups excluding carboxylic acids is 1. The SMILES string of the molecule is O=C(C1CCCN(S(=O)(=O)c2cccc3cccnc23)C1)N1CCCC1. The van der Waals surface area contributed by atoms with Crippen LogP contribution < -0.4 is 0 Å². The van der Waals surface area contributed by atoms with Crippen molar-refractivity contribution in [2.45, 2.75) is 30.6 Å². The molecule has 7 heteroatoms. The third-order valence-electron chi connectivity index (χ3n) is 5.36. The largest absolute Gasteiger partial charge is 0.342 e. The molecule has 0 aliphatic carbocycles. The van der Waals surface area contributed by atoms with Gasteiger partial charge in [0.25, 0.3) is 0 Å². The van der Waals surface area contributed by atoms with E-state index in [-0.39, 0.29) is 23.3 Å². The quantitative estimate of drug-likeness (QED) is 0.827. The van der Waals surface area contributed by atoms with Crippen LogP contribution in [0, 0.1) is 5.92 Å². The van der Waals surface area contributed by atoms with Crippen LogP contribution in [-0.4, -0.2) is 54.7 Å². The Bertz CT molecular complexity index is 917. The van der Waals surface area contributed by atoms with Gasteiger partial charge >= 0.3 is 0 Å². The number of sulfonamides is 1. The van der Waals surface area contributed by atoms with Gasteiger partial charge in [0.15, 0.2) is 0 Å². The first kappa shape index (κ1) is 17.4. The predicted octanol–water partition coefficient (Wildman–Crippen LogP) is 2.26. The van der Waals surface area contributed by atoms with Crippen molar-refractivity contribution in [2.24, 2.45) is 5.92 Å². The fourth-order valence-corrected chi connectivity index (χ4v) is 5.67. The fourth-order valence-electron chi connectivity index (χ4n) is 3.98. The molecule has 0 N–H and O–H groups in total. The average molecular weight is 373 g/mol. The molecule has 1 amide bonds. The van der Waals surface area contributed by atoms with Crippen molar-refractivity contribution in [3.05, 3.63) is 36.5 Å². The molecule has 1 aromatic heterocycles. The van der Waals surface area contributed by atoms with Crippen molar-refractivity contribution in [3.8, 4) is 0 Å². The first-order chi connectivity index (χ1) is 12.6. The van der Waals surface area contributed by atoms with Crippen LogP contribution in [0.3, 0.4) is 0 Å². The molecular weight excluding hydrogens is 350 g/mol. The number of hydrogen-bond acceptors (Lipinski definition) is 4. The Kier molecular flexibility index (Phi) is 4.67. The highest BCUT2D eigenvalue weighted by Gasteiger charge is 2.36. The standard InChI is InChI=1S/C19H23N3O3S/c23-19(21-11-1-2-12-21)16-8-5-13-22(14-16)26(24,25)17-9-3-6-15-7-4-10-20-18(15)17/h3-4,6-7,9-10,16H,1-2,5,8,11-14H2. The summed E-state index contributed by atoms with van der Waals surface area (Å²) < 4.78 is 28.0. The molecule has 2 fully saturated rings. The molecule has 2 aliphatic heterocycles. The second-order valence-corrected chi connectivity index (χ2v) is 8.97. The van der Waals surface area contributed by atoms with Crippen molar-refractivity contribution < 1.29 is 13.2 Å². The highest BCUT2D eigenvalue weighted by molar-refractivity contribution is 7.89. The van der Waals surface area contributed by atoms with Gasteiger partial charge in [0.05, 0.1) is 11.4 Å². The van der Waals surface area contributed by atoms with E-state index in [9.17, 15) is 13.2 Å². The Morgan fingerprint density at radius 1 is 1.04 bits per heavy atom. The minimum Gasteiger partial charge on any atom is -0.342 e. The molecule has 3 heterocycles. The predicted molar refractivity (Wildman–Crippen MR) is 99.0 cm³/mol. The Balaban J connectivity index is 1.62. The Labute approximate surface area is 153 Å². The lowest BCUT2D eigenvalue weighted by atomic mass is 9.98. The van der Waals surface area contributed by atoms with E-state index in [2.05, 4.69) is 4.98 Å². The summed E-state index contributed by atoms with van der Waals surface area (Å²) in [4.78, 5) is 19.1. The van der Waals surface area contributed by atoms with E-state index in [0.29, 0.717) is 18.5 Å². The molecule has 1 atom stereocenters. The maximum atomic E-state index is 13.3. The van der Waals surface area contributed by atoms with Gasteiger partial charge in [-0.2, -0.15) is 4.31 Å². The molecule has 0 radical (unpaired) electrons. The number of carbonyl (C=O) groups is 1. The number of aromatic nitrogens is 1. The van der Waals surface area contributed by atoms with Gasteiger partial charge in [0.1, 0.15) is 4.90 Å². The molecule has 2 aliphatic rings. The number of fused-ring (bicyclic) bond motifs is 1. The molecule has 0 saturated carbocycles. The number of nitrogens with zero attached hydrogens (tertiary/aromatic N) is 3. The summed E-state index contributed by atoms with van der Waals surface area (Å²) in [7, 11) is -3.68. The van der Waals surface area contributed by atoms with Crippen LogP contribution in [0.25, 0.3) is 10.9 Å². The highest BCUT2D eigenvalue weighted by atomic mass is 32.2. The first-order valence-corrected chi connectivity index (χ1v) is 10.6.